The molecule has 20 heavy (non-hydrogen) atoms. The summed E-state index contributed by atoms with van der Waals surface area (Å²) < 4.78 is 0. The molecule has 7 nitrogen and oxygen atoms in total. The number of rotatable bonds is 4. The van der Waals surface area contributed by atoms with Crippen molar-refractivity contribution in [2.24, 2.45) is 0 Å². The van der Waals surface area contributed by atoms with Crippen molar-refractivity contribution in [1.29, 1.82) is 0 Å². The molecule has 0 aliphatic rings. The van der Waals surface area contributed by atoms with Crippen molar-refractivity contribution in [3.8, 4) is 5.88 Å². The second kappa shape index (κ2) is 5.35. The van der Waals surface area contributed by atoms with E-state index in [1.807, 2.05) is 0 Å². The quantitative estimate of drug-likeness (QED) is 0.651. The normalized spacial score (nSPS) is 10.2. The predicted molar refractivity (Wildman–Crippen MR) is 68.8 cm³/mol. The Hall–Kier alpha value is -2.96. The third-order valence-electron chi connectivity index (χ3n) is 2.74. The van der Waals surface area contributed by atoms with Crippen LogP contribution in [0, 0.1) is 10.1 Å². The lowest BCUT2D eigenvalue weighted by atomic mass is 10.0. The lowest BCUT2D eigenvalue weighted by molar-refractivity contribution is -0.385. The number of hydrogen-bond acceptors (Lipinski definition) is 5. The third-order valence-corrected chi connectivity index (χ3v) is 2.74. The largest absolute Gasteiger partial charge is 0.493 e. The van der Waals surface area contributed by atoms with Crippen LogP contribution in [0.25, 0.3) is 0 Å². The first-order valence-corrected chi connectivity index (χ1v) is 5.63. The number of aromatic nitrogens is 1. The van der Waals surface area contributed by atoms with Gasteiger partial charge < -0.3 is 10.2 Å². The Balaban J connectivity index is 2.47. The summed E-state index contributed by atoms with van der Waals surface area (Å²) in [4.78, 5) is 25.1. The van der Waals surface area contributed by atoms with Crippen LogP contribution < -0.4 is 0 Å². The molecule has 0 fully saturated rings. The molecular weight excluding hydrogens is 264 g/mol. The predicted octanol–water partition coefficient (Wildman–Crippen LogP) is 1.98. The fraction of sp³-hybridized carbons (Fsp3) is 0.0769. The summed E-state index contributed by atoms with van der Waals surface area (Å²) in [6.45, 7) is 0. The minimum Gasteiger partial charge on any atom is -0.493 e. The number of carboxylic acid groups (broad SMARTS) is 1. The number of carbonyl (C=O) groups is 1. The van der Waals surface area contributed by atoms with E-state index in [2.05, 4.69) is 4.98 Å². The molecule has 0 saturated carbocycles. The molecule has 0 atom stereocenters. The van der Waals surface area contributed by atoms with Gasteiger partial charge in [0.1, 0.15) is 5.69 Å². The number of benzene rings is 1. The van der Waals surface area contributed by atoms with E-state index in [0.717, 1.165) is 12.1 Å². The smallest absolute Gasteiger partial charge is 0.335 e. The Morgan fingerprint density at radius 2 is 1.95 bits per heavy atom. The average Bonchev–Trinajstić information content (AvgIpc) is 2.38. The minimum atomic E-state index is -1.12. The maximum Gasteiger partial charge on any atom is 0.335 e. The Kier molecular flexibility index (Phi) is 3.60. The summed E-state index contributed by atoms with van der Waals surface area (Å²) in [5.74, 6) is -1.47. The van der Waals surface area contributed by atoms with Crippen LogP contribution in [0.4, 0.5) is 5.69 Å². The van der Waals surface area contributed by atoms with E-state index in [4.69, 9.17) is 5.11 Å². The average molecular weight is 274 g/mol. The van der Waals surface area contributed by atoms with E-state index in [9.17, 15) is 20.0 Å². The van der Waals surface area contributed by atoms with E-state index >= 15 is 0 Å². The van der Waals surface area contributed by atoms with Crippen molar-refractivity contribution < 1.29 is 19.9 Å². The van der Waals surface area contributed by atoms with Crippen molar-refractivity contribution in [3.05, 3.63) is 63.3 Å². The molecular formula is C13H10N2O5. The van der Waals surface area contributed by atoms with Crippen LogP contribution in [-0.2, 0) is 6.42 Å². The highest BCUT2D eigenvalue weighted by molar-refractivity contribution is 5.89. The molecule has 0 saturated heterocycles. The van der Waals surface area contributed by atoms with Gasteiger partial charge in [0, 0.05) is 18.6 Å². The lowest BCUT2D eigenvalue weighted by Crippen LogP contribution is -2.05. The molecule has 1 aromatic carbocycles. The molecule has 0 aliphatic heterocycles. The molecule has 102 valence electrons. The molecule has 0 aliphatic carbocycles. The van der Waals surface area contributed by atoms with E-state index in [-0.39, 0.29) is 29.2 Å². The number of aromatic carboxylic acids is 1. The number of hydrogen-bond donors (Lipinski definition) is 2. The van der Waals surface area contributed by atoms with E-state index in [1.165, 1.54) is 6.07 Å². The molecule has 0 spiro atoms. The van der Waals surface area contributed by atoms with E-state index in [1.54, 1.807) is 18.2 Å². The van der Waals surface area contributed by atoms with Crippen LogP contribution in [-0.4, -0.2) is 26.1 Å². The number of pyridine rings is 1. The van der Waals surface area contributed by atoms with Crippen LogP contribution in [0.2, 0.25) is 0 Å². The standard InChI is InChI=1S/C13H10N2O5/c16-12-6-5-11(15(19)20)10(14-12)7-8-3-1-2-4-9(8)13(17)18/h1-6H,7H2,(H,14,16)(H,17,18). The maximum absolute atomic E-state index is 11.1. The third kappa shape index (κ3) is 2.72. The highest BCUT2D eigenvalue weighted by atomic mass is 16.6. The molecule has 0 amide bonds. The monoisotopic (exact) mass is 274 g/mol. The zero-order valence-corrected chi connectivity index (χ0v) is 10.2. The van der Waals surface area contributed by atoms with Crippen LogP contribution in [0.3, 0.4) is 0 Å². The van der Waals surface area contributed by atoms with Gasteiger partial charge in [0.2, 0.25) is 5.88 Å². The lowest BCUT2D eigenvalue weighted by Gasteiger charge is -2.06. The van der Waals surface area contributed by atoms with Crippen molar-refractivity contribution in [1.82, 2.24) is 4.98 Å². The molecule has 0 radical (unpaired) electrons. The van der Waals surface area contributed by atoms with Crippen LogP contribution in [0.1, 0.15) is 21.6 Å². The van der Waals surface area contributed by atoms with Crippen molar-refractivity contribution in [3.63, 3.8) is 0 Å². The van der Waals surface area contributed by atoms with Gasteiger partial charge in [-0.15, -0.1) is 0 Å². The molecule has 2 rings (SSSR count). The summed E-state index contributed by atoms with van der Waals surface area (Å²) in [7, 11) is 0. The fourth-order valence-electron chi connectivity index (χ4n) is 1.84. The molecule has 2 N–H and O–H groups in total. The first kappa shape index (κ1) is 13.5. The number of nitro groups is 1. The SMILES string of the molecule is O=C(O)c1ccccc1Cc1nc(O)ccc1[N+](=O)[O-]. The maximum atomic E-state index is 11.1. The van der Waals surface area contributed by atoms with Crippen molar-refractivity contribution in [2.45, 2.75) is 6.42 Å². The number of nitrogens with zero attached hydrogens (tertiary/aromatic N) is 2. The summed E-state index contributed by atoms with van der Waals surface area (Å²) in [6.07, 6.45) is -0.0484. The van der Waals surface area contributed by atoms with Crippen molar-refractivity contribution >= 4 is 11.7 Å². The highest BCUT2D eigenvalue weighted by Gasteiger charge is 2.18. The van der Waals surface area contributed by atoms with Gasteiger partial charge in [-0.05, 0) is 11.6 Å². The van der Waals surface area contributed by atoms with Gasteiger partial charge in [-0.2, -0.15) is 0 Å². The van der Waals surface area contributed by atoms with Crippen LogP contribution in [0.15, 0.2) is 36.4 Å². The summed E-state index contributed by atoms with van der Waals surface area (Å²) in [5, 5.41) is 29.3. The van der Waals surface area contributed by atoms with E-state index < -0.39 is 10.9 Å². The Bertz CT molecular complexity index is 684. The Morgan fingerprint density at radius 3 is 2.60 bits per heavy atom. The zero-order chi connectivity index (χ0) is 14.7. The van der Waals surface area contributed by atoms with Crippen molar-refractivity contribution in [2.75, 3.05) is 0 Å². The zero-order valence-electron chi connectivity index (χ0n) is 10.2. The van der Waals surface area contributed by atoms with Gasteiger partial charge in [0.25, 0.3) is 5.69 Å². The number of aromatic hydroxyl groups is 1. The molecule has 1 aromatic heterocycles. The highest BCUT2D eigenvalue weighted by Crippen LogP contribution is 2.23. The van der Waals surface area contributed by atoms with Gasteiger partial charge in [0.05, 0.1) is 10.5 Å². The minimum absolute atomic E-state index is 0.0173. The Labute approximate surface area is 113 Å². The summed E-state index contributed by atoms with van der Waals surface area (Å²) in [5.41, 5.74) is 0.194. The van der Waals surface area contributed by atoms with E-state index in [0.29, 0.717) is 5.56 Å². The summed E-state index contributed by atoms with van der Waals surface area (Å²) in [6, 6.07) is 8.42. The molecule has 1 heterocycles. The van der Waals surface area contributed by atoms with Gasteiger partial charge >= 0.3 is 5.97 Å². The van der Waals surface area contributed by atoms with Gasteiger partial charge in [-0.1, -0.05) is 18.2 Å². The Morgan fingerprint density at radius 1 is 1.25 bits per heavy atom. The van der Waals surface area contributed by atoms with Gasteiger partial charge in [-0.25, -0.2) is 9.78 Å². The fourth-order valence-corrected chi connectivity index (χ4v) is 1.84. The molecule has 2 aromatic rings. The van der Waals surface area contributed by atoms with Gasteiger partial charge in [0.15, 0.2) is 0 Å². The summed E-state index contributed by atoms with van der Waals surface area (Å²) >= 11 is 0. The molecule has 0 bridgehead atoms. The topological polar surface area (TPSA) is 114 Å². The van der Waals surface area contributed by atoms with Crippen LogP contribution >= 0.6 is 0 Å². The molecule has 0 unspecified atom stereocenters. The number of carboxylic acids is 1. The van der Waals surface area contributed by atoms with Gasteiger partial charge in [-0.3, -0.25) is 10.1 Å². The van der Waals surface area contributed by atoms with Crippen LogP contribution in [0.5, 0.6) is 5.88 Å². The first-order chi connectivity index (χ1) is 9.49. The second-order valence-electron chi connectivity index (χ2n) is 4.03. The second-order valence-corrected chi connectivity index (χ2v) is 4.03. The first-order valence-electron chi connectivity index (χ1n) is 5.63. The molecule has 7 heteroatoms.